The minimum Gasteiger partial charge on any atom is -0.396 e. The van der Waals surface area contributed by atoms with Gasteiger partial charge >= 0.3 is 6.03 Å². The lowest BCUT2D eigenvalue weighted by atomic mass is 9.94. The zero-order valence-electron chi connectivity index (χ0n) is 11.1. The SMILES string of the molecule is CNC(=O)NC(=O)C(C)N1CCCC(CCO)C1. The van der Waals surface area contributed by atoms with Crippen molar-refractivity contribution in [1.82, 2.24) is 15.5 Å². The molecule has 0 radical (unpaired) electrons. The highest BCUT2D eigenvalue weighted by molar-refractivity contribution is 5.96. The number of imide groups is 1. The van der Waals surface area contributed by atoms with Crippen LogP contribution in [0.2, 0.25) is 0 Å². The zero-order valence-corrected chi connectivity index (χ0v) is 11.1. The number of piperidine rings is 1. The fourth-order valence-corrected chi connectivity index (χ4v) is 2.31. The van der Waals surface area contributed by atoms with Crippen molar-refractivity contribution >= 4 is 11.9 Å². The molecule has 6 nitrogen and oxygen atoms in total. The van der Waals surface area contributed by atoms with Gasteiger partial charge in [-0.15, -0.1) is 0 Å². The Morgan fingerprint density at radius 1 is 1.50 bits per heavy atom. The molecule has 2 atom stereocenters. The van der Waals surface area contributed by atoms with Crippen LogP contribution in [-0.4, -0.2) is 54.7 Å². The second-order valence-electron chi connectivity index (χ2n) is 4.76. The van der Waals surface area contributed by atoms with Crippen LogP contribution < -0.4 is 10.6 Å². The van der Waals surface area contributed by atoms with Crippen molar-refractivity contribution < 1.29 is 14.7 Å². The Hall–Kier alpha value is -1.14. The van der Waals surface area contributed by atoms with Crippen molar-refractivity contribution in [2.75, 3.05) is 26.7 Å². The molecule has 3 amide bonds. The summed E-state index contributed by atoms with van der Waals surface area (Å²) < 4.78 is 0. The van der Waals surface area contributed by atoms with E-state index in [0.29, 0.717) is 5.92 Å². The highest BCUT2D eigenvalue weighted by Crippen LogP contribution is 2.20. The van der Waals surface area contributed by atoms with Crippen molar-refractivity contribution in [2.45, 2.75) is 32.2 Å². The van der Waals surface area contributed by atoms with Crippen LogP contribution in [0.15, 0.2) is 0 Å². The van der Waals surface area contributed by atoms with Crippen molar-refractivity contribution in [2.24, 2.45) is 5.92 Å². The molecule has 6 heteroatoms. The highest BCUT2D eigenvalue weighted by Gasteiger charge is 2.27. The predicted octanol–water partition coefficient (Wildman–Crippen LogP) is -0.0751. The van der Waals surface area contributed by atoms with Crippen LogP contribution >= 0.6 is 0 Å². The smallest absolute Gasteiger partial charge is 0.321 e. The minimum absolute atomic E-state index is 0.192. The van der Waals surface area contributed by atoms with Crippen LogP contribution in [0.5, 0.6) is 0 Å². The third-order valence-corrected chi connectivity index (χ3v) is 3.48. The second kappa shape index (κ2) is 7.33. The molecular weight excluding hydrogens is 234 g/mol. The first-order chi connectivity index (χ1) is 8.58. The average molecular weight is 257 g/mol. The van der Waals surface area contributed by atoms with Gasteiger partial charge in [0.2, 0.25) is 5.91 Å². The second-order valence-corrected chi connectivity index (χ2v) is 4.76. The van der Waals surface area contributed by atoms with E-state index >= 15 is 0 Å². The monoisotopic (exact) mass is 257 g/mol. The fourth-order valence-electron chi connectivity index (χ4n) is 2.31. The normalized spacial score (nSPS) is 22.3. The number of carbonyl (C=O) groups excluding carboxylic acids is 2. The Morgan fingerprint density at radius 3 is 2.83 bits per heavy atom. The number of aliphatic hydroxyl groups excluding tert-OH is 1. The van der Waals surface area contributed by atoms with E-state index in [1.807, 2.05) is 0 Å². The van der Waals surface area contributed by atoms with E-state index in [1.165, 1.54) is 7.05 Å². The van der Waals surface area contributed by atoms with E-state index in [9.17, 15) is 9.59 Å². The van der Waals surface area contributed by atoms with Crippen LogP contribution in [0.25, 0.3) is 0 Å². The van der Waals surface area contributed by atoms with Gasteiger partial charge in [-0.05, 0) is 38.6 Å². The molecule has 0 aromatic carbocycles. The standard InChI is InChI=1S/C12H23N3O3/c1-9(11(17)14-12(18)13-2)15-6-3-4-10(8-15)5-7-16/h9-10,16H,3-8H2,1-2H3,(H2,13,14,17,18). The topological polar surface area (TPSA) is 81.7 Å². The number of likely N-dealkylation sites (tertiary alicyclic amines) is 1. The molecule has 0 aromatic rings. The predicted molar refractivity (Wildman–Crippen MR) is 68.1 cm³/mol. The third-order valence-electron chi connectivity index (χ3n) is 3.48. The van der Waals surface area contributed by atoms with Gasteiger partial charge < -0.3 is 10.4 Å². The van der Waals surface area contributed by atoms with Crippen LogP contribution in [0.1, 0.15) is 26.2 Å². The summed E-state index contributed by atoms with van der Waals surface area (Å²) in [5.74, 6) is 0.165. The first kappa shape index (κ1) is 14.9. The quantitative estimate of drug-likeness (QED) is 0.658. The lowest BCUT2D eigenvalue weighted by Gasteiger charge is -2.35. The summed E-state index contributed by atoms with van der Waals surface area (Å²) in [7, 11) is 1.48. The Kier molecular flexibility index (Phi) is 6.07. The lowest BCUT2D eigenvalue weighted by molar-refractivity contribution is -0.125. The van der Waals surface area contributed by atoms with E-state index in [1.54, 1.807) is 6.92 Å². The van der Waals surface area contributed by atoms with Crippen LogP contribution in [0.4, 0.5) is 4.79 Å². The van der Waals surface area contributed by atoms with Gasteiger partial charge in [0, 0.05) is 20.2 Å². The average Bonchev–Trinajstić information content (AvgIpc) is 2.38. The lowest BCUT2D eigenvalue weighted by Crippen LogP contribution is -2.51. The number of rotatable bonds is 4. The molecular formula is C12H23N3O3. The molecule has 0 bridgehead atoms. The van der Waals surface area contributed by atoms with Crippen LogP contribution in [-0.2, 0) is 4.79 Å². The number of nitrogens with one attached hydrogen (secondary N) is 2. The summed E-state index contributed by atoms with van der Waals surface area (Å²) in [6.45, 7) is 3.67. The molecule has 18 heavy (non-hydrogen) atoms. The van der Waals surface area contributed by atoms with Crippen molar-refractivity contribution in [3.8, 4) is 0 Å². The van der Waals surface area contributed by atoms with Gasteiger partial charge in [-0.1, -0.05) is 0 Å². The summed E-state index contributed by atoms with van der Waals surface area (Å²) in [6.07, 6.45) is 2.91. The highest BCUT2D eigenvalue weighted by atomic mass is 16.3. The summed E-state index contributed by atoms with van der Waals surface area (Å²) in [6, 6.07) is -0.792. The maximum Gasteiger partial charge on any atom is 0.321 e. The van der Waals surface area contributed by atoms with Gasteiger partial charge in [0.25, 0.3) is 0 Å². The number of carbonyl (C=O) groups is 2. The fraction of sp³-hybridized carbons (Fsp3) is 0.833. The first-order valence-corrected chi connectivity index (χ1v) is 6.46. The number of hydrogen-bond donors (Lipinski definition) is 3. The van der Waals surface area contributed by atoms with Gasteiger partial charge in [0.05, 0.1) is 6.04 Å². The van der Waals surface area contributed by atoms with Gasteiger partial charge in [0.1, 0.15) is 0 Å². The molecule has 3 N–H and O–H groups in total. The summed E-state index contributed by atoms with van der Waals surface area (Å²) >= 11 is 0. The maximum absolute atomic E-state index is 11.8. The Bertz CT molecular complexity index is 294. The Morgan fingerprint density at radius 2 is 2.22 bits per heavy atom. The molecule has 104 valence electrons. The number of hydrogen-bond acceptors (Lipinski definition) is 4. The summed E-state index contributed by atoms with van der Waals surface area (Å²) in [5, 5.41) is 13.6. The molecule has 0 saturated carbocycles. The van der Waals surface area contributed by atoms with E-state index in [-0.39, 0.29) is 18.6 Å². The van der Waals surface area contributed by atoms with E-state index in [2.05, 4.69) is 15.5 Å². The Balaban J connectivity index is 2.47. The number of amides is 3. The molecule has 1 fully saturated rings. The molecule has 1 rings (SSSR count). The summed E-state index contributed by atoms with van der Waals surface area (Å²) in [5.41, 5.74) is 0. The van der Waals surface area contributed by atoms with E-state index in [4.69, 9.17) is 5.11 Å². The van der Waals surface area contributed by atoms with Crippen LogP contribution in [0, 0.1) is 5.92 Å². The zero-order chi connectivity index (χ0) is 13.5. The molecule has 0 spiro atoms. The van der Waals surface area contributed by atoms with Gasteiger partial charge in [-0.2, -0.15) is 0 Å². The summed E-state index contributed by atoms with van der Waals surface area (Å²) in [4.78, 5) is 25.0. The number of urea groups is 1. The molecule has 1 saturated heterocycles. The van der Waals surface area contributed by atoms with E-state index < -0.39 is 6.03 Å². The largest absolute Gasteiger partial charge is 0.396 e. The maximum atomic E-state index is 11.8. The van der Waals surface area contributed by atoms with Crippen LogP contribution in [0.3, 0.4) is 0 Å². The molecule has 0 aromatic heterocycles. The van der Waals surface area contributed by atoms with Crippen molar-refractivity contribution in [3.63, 3.8) is 0 Å². The molecule has 2 unspecified atom stereocenters. The van der Waals surface area contributed by atoms with Gasteiger partial charge in [-0.25, -0.2) is 4.79 Å². The van der Waals surface area contributed by atoms with Crippen molar-refractivity contribution in [1.29, 1.82) is 0 Å². The van der Waals surface area contributed by atoms with Crippen molar-refractivity contribution in [3.05, 3.63) is 0 Å². The third kappa shape index (κ3) is 4.27. The molecule has 0 aliphatic carbocycles. The first-order valence-electron chi connectivity index (χ1n) is 6.46. The van der Waals surface area contributed by atoms with E-state index in [0.717, 1.165) is 32.4 Å². The molecule has 1 aliphatic heterocycles. The number of aliphatic hydroxyl groups is 1. The molecule has 1 aliphatic rings. The Labute approximate surface area is 108 Å². The van der Waals surface area contributed by atoms with Gasteiger partial charge in [-0.3, -0.25) is 15.0 Å². The molecule has 1 heterocycles. The van der Waals surface area contributed by atoms with Gasteiger partial charge in [0.15, 0.2) is 0 Å². The number of nitrogens with zero attached hydrogens (tertiary/aromatic N) is 1. The minimum atomic E-state index is -0.476.